The van der Waals surface area contributed by atoms with Gasteiger partial charge in [0.2, 0.25) is 5.91 Å². The van der Waals surface area contributed by atoms with E-state index in [1.54, 1.807) is 30.5 Å². The zero-order valence-electron chi connectivity index (χ0n) is 10.5. The van der Waals surface area contributed by atoms with E-state index >= 15 is 0 Å². The number of hydrogen-bond acceptors (Lipinski definition) is 2. The van der Waals surface area contributed by atoms with Gasteiger partial charge in [0.05, 0.1) is 12.3 Å². The summed E-state index contributed by atoms with van der Waals surface area (Å²) in [5, 5.41) is 3.49. The van der Waals surface area contributed by atoms with Crippen LogP contribution in [-0.2, 0) is 4.79 Å². The first-order valence-corrected chi connectivity index (χ1v) is 6.31. The van der Waals surface area contributed by atoms with Gasteiger partial charge < -0.3 is 9.73 Å². The fourth-order valence-corrected chi connectivity index (χ4v) is 2.01. The molecule has 0 radical (unpaired) electrons. The second-order valence-electron chi connectivity index (χ2n) is 4.10. The van der Waals surface area contributed by atoms with Gasteiger partial charge in [-0.25, -0.2) is 0 Å². The number of carbonyl (C=O) groups is 1. The molecule has 2 rings (SSSR count). The molecule has 0 aliphatic rings. The van der Waals surface area contributed by atoms with Crippen molar-refractivity contribution in [2.75, 3.05) is 0 Å². The molecule has 1 amide bonds. The molecule has 2 aromatic rings. The zero-order chi connectivity index (χ0) is 13.7. The Morgan fingerprint density at radius 1 is 1.32 bits per heavy atom. The number of amides is 1. The zero-order valence-corrected chi connectivity index (χ0v) is 11.2. The second-order valence-corrected chi connectivity index (χ2v) is 4.51. The maximum atomic E-state index is 11.8. The summed E-state index contributed by atoms with van der Waals surface area (Å²) in [5.74, 6) is 0.448. The largest absolute Gasteiger partial charge is 0.465 e. The molecule has 0 saturated carbocycles. The van der Waals surface area contributed by atoms with Crippen LogP contribution in [0.25, 0.3) is 6.08 Å². The number of carbonyl (C=O) groups excluding carboxylic acids is 1. The fraction of sp³-hybridized carbons (Fsp3) is 0.133. The van der Waals surface area contributed by atoms with Crippen molar-refractivity contribution in [2.24, 2.45) is 0 Å². The molecule has 1 aromatic heterocycles. The quantitative estimate of drug-likeness (QED) is 0.862. The van der Waals surface area contributed by atoms with E-state index in [9.17, 15) is 4.79 Å². The Kier molecular flexibility index (Phi) is 4.42. The van der Waals surface area contributed by atoms with Gasteiger partial charge in [0.1, 0.15) is 5.76 Å². The predicted molar refractivity (Wildman–Crippen MR) is 75.8 cm³/mol. The van der Waals surface area contributed by atoms with Crippen LogP contribution >= 0.6 is 11.6 Å². The van der Waals surface area contributed by atoms with Crippen LogP contribution in [0.3, 0.4) is 0 Å². The third-order valence-corrected chi connectivity index (χ3v) is 3.02. The second kappa shape index (κ2) is 6.25. The topological polar surface area (TPSA) is 42.2 Å². The van der Waals surface area contributed by atoms with Crippen molar-refractivity contribution >= 4 is 23.6 Å². The van der Waals surface area contributed by atoms with Gasteiger partial charge in [0.15, 0.2) is 0 Å². The highest BCUT2D eigenvalue weighted by atomic mass is 35.5. The van der Waals surface area contributed by atoms with Gasteiger partial charge in [0.25, 0.3) is 0 Å². The minimum atomic E-state index is -0.191. The molecule has 19 heavy (non-hydrogen) atoms. The Bertz CT molecular complexity index is 576. The highest BCUT2D eigenvalue weighted by Gasteiger charge is 2.10. The van der Waals surface area contributed by atoms with Gasteiger partial charge in [-0.15, -0.1) is 0 Å². The van der Waals surface area contributed by atoms with Crippen molar-refractivity contribution in [2.45, 2.75) is 13.0 Å². The SMILES string of the molecule is CC(NC(=O)/C=C/c1ccco1)c1ccccc1Cl. The van der Waals surface area contributed by atoms with Gasteiger partial charge in [-0.3, -0.25) is 4.79 Å². The molecule has 1 atom stereocenters. The summed E-state index contributed by atoms with van der Waals surface area (Å²) in [4.78, 5) is 11.8. The van der Waals surface area contributed by atoms with Crippen molar-refractivity contribution in [1.29, 1.82) is 0 Å². The molecule has 0 fully saturated rings. The highest BCUT2D eigenvalue weighted by Crippen LogP contribution is 2.21. The van der Waals surface area contributed by atoms with E-state index in [-0.39, 0.29) is 11.9 Å². The molecule has 1 N–H and O–H groups in total. The fourth-order valence-electron chi connectivity index (χ4n) is 1.71. The van der Waals surface area contributed by atoms with E-state index in [1.807, 2.05) is 25.1 Å². The first kappa shape index (κ1) is 13.4. The van der Waals surface area contributed by atoms with Crippen LogP contribution in [0.1, 0.15) is 24.3 Å². The van der Waals surface area contributed by atoms with Crippen molar-refractivity contribution < 1.29 is 9.21 Å². The van der Waals surface area contributed by atoms with Gasteiger partial charge in [0, 0.05) is 11.1 Å². The van der Waals surface area contributed by atoms with Crippen molar-refractivity contribution in [3.05, 3.63) is 65.1 Å². The lowest BCUT2D eigenvalue weighted by Crippen LogP contribution is -2.24. The van der Waals surface area contributed by atoms with Crippen molar-refractivity contribution in [1.82, 2.24) is 5.32 Å². The van der Waals surface area contributed by atoms with Gasteiger partial charge >= 0.3 is 0 Å². The molecule has 0 bridgehead atoms. The average Bonchev–Trinajstić information content (AvgIpc) is 2.90. The van der Waals surface area contributed by atoms with E-state index in [4.69, 9.17) is 16.0 Å². The summed E-state index contributed by atoms with van der Waals surface area (Å²) in [7, 11) is 0. The minimum Gasteiger partial charge on any atom is -0.465 e. The van der Waals surface area contributed by atoms with E-state index in [0.29, 0.717) is 10.8 Å². The molecule has 0 aliphatic heterocycles. The van der Waals surface area contributed by atoms with E-state index in [2.05, 4.69) is 5.32 Å². The first-order valence-electron chi connectivity index (χ1n) is 5.93. The Morgan fingerprint density at radius 3 is 2.79 bits per heavy atom. The van der Waals surface area contributed by atoms with E-state index in [0.717, 1.165) is 5.56 Å². The number of halogens is 1. The molecule has 4 heteroatoms. The molecule has 1 aromatic carbocycles. The van der Waals surface area contributed by atoms with Crippen LogP contribution in [0.2, 0.25) is 5.02 Å². The molecule has 1 unspecified atom stereocenters. The van der Waals surface area contributed by atoms with Crippen LogP contribution in [0.5, 0.6) is 0 Å². The number of hydrogen-bond donors (Lipinski definition) is 1. The van der Waals surface area contributed by atoms with Gasteiger partial charge in [-0.05, 0) is 36.8 Å². The lowest BCUT2D eigenvalue weighted by Gasteiger charge is -2.14. The Morgan fingerprint density at radius 2 is 2.11 bits per heavy atom. The Labute approximate surface area is 116 Å². The van der Waals surface area contributed by atoms with Crippen LogP contribution in [0.4, 0.5) is 0 Å². The summed E-state index contributed by atoms with van der Waals surface area (Å²) in [6, 6.07) is 10.8. The molecular formula is C15H14ClNO2. The number of rotatable bonds is 4. The summed E-state index contributed by atoms with van der Waals surface area (Å²) >= 11 is 6.08. The Hall–Kier alpha value is -2.00. The van der Waals surface area contributed by atoms with Gasteiger partial charge in [-0.2, -0.15) is 0 Å². The molecule has 0 aliphatic carbocycles. The number of benzene rings is 1. The predicted octanol–water partition coefficient (Wildman–Crippen LogP) is 3.82. The third-order valence-electron chi connectivity index (χ3n) is 2.67. The standard InChI is InChI=1S/C15H14ClNO2/c1-11(13-6-2-3-7-14(13)16)17-15(18)9-8-12-5-4-10-19-12/h2-11H,1H3,(H,17,18)/b9-8+. The average molecular weight is 276 g/mol. The summed E-state index contributed by atoms with van der Waals surface area (Å²) in [6.45, 7) is 1.89. The lowest BCUT2D eigenvalue weighted by atomic mass is 10.1. The van der Waals surface area contributed by atoms with Gasteiger partial charge in [-0.1, -0.05) is 29.8 Å². The summed E-state index contributed by atoms with van der Waals surface area (Å²) in [6.07, 6.45) is 4.62. The van der Waals surface area contributed by atoms with Crippen LogP contribution in [0.15, 0.2) is 53.2 Å². The summed E-state index contributed by atoms with van der Waals surface area (Å²) < 4.78 is 5.10. The maximum absolute atomic E-state index is 11.8. The number of nitrogens with one attached hydrogen (secondary N) is 1. The van der Waals surface area contributed by atoms with Crippen LogP contribution in [0, 0.1) is 0 Å². The highest BCUT2D eigenvalue weighted by molar-refractivity contribution is 6.31. The molecule has 0 saturated heterocycles. The molecule has 0 spiro atoms. The summed E-state index contributed by atoms with van der Waals surface area (Å²) in [5.41, 5.74) is 0.893. The van der Waals surface area contributed by atoms with Crippen molar-refractivity contribution in [3.8, 4) is 0 Å². The first-order chi connectivity index (χ1) is 9.16. The lowest BCUT2D eigenvalue weighted by molar-refractivity contribution is -0.117. The van der Waals surface area contributed by atoms with Crippen LogP contribution in [-0.4, -0.2) is 5.91 Å². The third kappa shape index (κ3) is 3.73. The normalized spacial score (nSPS) is 12.5. The molecule has 3 nitrogen and oxygen atoms in total. The van der Waals surface area contributed by atoms with Crippen LogP contribution < -0.4 is 5.32 Å². The minimum absolute atomic E-state index is 0.151. The molecule has 98 valence electrons. The molecular weight excluding hydrogens is 262 g/mol. The smallest absolute Gasteiger partial charge is 0.244 e. The van der Waals surface area contributed by atoms with E-state index < -0.39 is 0 Å². The monoisotopic (exact) mass is 275 g/mol. The maximum Gasteiger partial charge on any atom is 0.244 e. The Balaban J connectivity index is 1.97. The number of furan rings is 1. The van der Waals surface area contributed by atoms with E-state index in [1.165, 1.54) is 6.08 Å². The molecule has 1 heterocycles. The van der Waals surface area contributed by atoms with Crippen molar-refractivity contribution in [3.63, 3.8) is 0 Å².